The molecule has 1 unspecified atom stereocenters. The summed E-state index contributed by atoms with van der Waals surface area (Å²) in [5.74, 6) is -2.22. The van der Waals surface area contributed by atoms with Gasteiger partial charge in [0.1, 0.15) is 0 Å². The number of rotatable bonds is 3. The third-order valence-electron chi connectivity index (χ3n) is 3.85. The van der Waals surface area contributed by atoms with Crippen LogP contribution in [0.25, 0.3) is 0 Å². The minimum atomic E-state index is -1.05. The summed E-state index contributed by atoms with van der Waals surface area (Å²) in [4.78, 5) is 23.4. The van der Waals surface area contributed by atoms with Crippen LogP contribution in [0.4, 0.5) is 25.0 Å². The number of hydrogen-bond acceptors (Lipinski definition) is 3. The average Bonchev–Trinajstić information content (AvgIpc) is 2.58. The molecule has 0 saturated heterocycles. The Morgan fingerprint density at radius 1 is 1.12 bits per heavy atom. The van der Waals surface area contributed by atoms with E-state index in [0.717, 1.165) is 17.7 Å². The number of carbonyl (C=O) groups excluding carboxylic acids is 2. The molecule has 3 N–H and O–H groups in total. The Hall–Kier alpha value is -3.29. The molecule has 3 amide bonds. The van der Waals surface area contributed by atoms with Crippen LogP contribution in [0.2, 0.25) is 0 Å². The van der Waals surface area contributed by atoms with Crippen LogP contribution in [0.1, 0.15) is 18.9 Å². The average molecular weight is 358 g/mol. The molecule has 0 saturated carbocycles. The lowest BCUT2D eigenvalue weighted by Crippen LogP contribution is -2.32. The lowest BCUT2D eigenvalue weighted by Gasteiger charge is -2.19. The van der Waals surface area contributed by atoms with E-state index in [1.165, 1.54) is 6.07 Å². The number of nitrogens with zero attached hydrogens (tertiary/aromatic N) is 1. The second-order valence-corrected chi connectivity index (χ2v) is 5.93. The molecule has 0 aromatic heterocycles. The van der Waals surface area contributed by atoms with Crippen LogP contribution in [0.5, 0.6) is 0 Å². The van der Waals surface area contributed by atoms with E-state index in [4.69, 9.17) is 0 Å². The topological polar surface area (TPSA) is 82.6 Å². The van der Waals surface area contributed by atoms with Crippen LogP contribution >= 0.6 is 0 Å². The van der Waals surface area contributed by atoms with E-state index in [2.05, 4.69) is 21.2 Å². The minimum absolute atomic E-state index is 0.0463. The SMILES string of the molecule is CC1CC(=O)NN=C1c1cccc(NC(=O)Nc2ccc(F)c(F)c2)c1. The van der Waals surface area contributed by atoms with E-state index in [0.29, 0.717) is 17.8 Å². The summed E-state index contributed by atoms with van der Waals surface area (Å²) in [5, 5.41) is 9.13. The number of benzene rings is 2. The highest BCUT2D eigenvalue weighted by molar-refractivity contribution is 6.07. The van der Waals surface area contributed by atoms with E-state index >= 15 is 0 Å². The number of carbonyl (C=O) groups is 2. The lowest BCUT2D eigenvalue weighted by atomic mass is 9.94. The fourth-order valence-electron chi connectivity index (χ4n) is 2.63. The minimum Gasteiger partial charge on any atom is -0.308 e. The maximum absolute atomic E-state index is 13.2. The maximum Gasteiger partial charge on any atom is 0.323 e. The van der Waals surface area contributed by atoms with Crippen molar-refractivity contribution >= 4 is 29.0 Å². The molecular weight excluding hydrogens is 342 g/mol. The van der Waals surface area contributed by atoms with E-state index in [9.17, 15) is 18.4 Å². The Kier molecular flexibility index (Phi) is 4.92. The molecule has 0 radical (unpaired) electrons. The monoisotopic (exact) mass is 358 g/mol. The second-order valence-electron chi connectivity index (χ2n) is 5.93. The largest absolute Gasteiger partial charge is 0.323 e. The molecule has 2 aromatic carbocycles. The first-order chi connectivity index (χ1) is 12.4. The Balaban J connectivity index is 1.71. The van der Waals surface area contributed by atoms with E-state index < -0.39 is 17.7 Å². The summed E-state index contributed by atoms with van der Waals surface area (Å²) < 4.78 is 26.1. The van der Waals surface area contributed by atoms with Crippen molar-refractivity contribution in [3.8, 4) is 0 Å². The van der Waals surface area contributed by atoms with Gasteiger partial charge in [0.15, 0.2) is 11.6 Å². The van der Waals surface area contributed by atoms with Crippen LogP contribution in [-0.4, -0.2) is 17.6 Å². The molecule has 1 atom stereocenters. The van der Waals surface area contributed by atoms with Crippen molar-refractivity contribution in [1.82, 2.24) is 5.43 Å². The molecule has 1 aliphatic heterocycles. The van der Waals surface area contributed by atoms with Crippen LogP contribution in [-0.2, 0) is 4.79 Å². The zero-order valence-corrected chi connectivity index (χ0v) is 13.8. The van der Waals surface area contributed by atoms with Gasteiger partial charge in [-0.05, 0) is 24.3 Å². The zero-order valence-electron chi connectivity index (χ0n) is 13.8. The summed E-state index contributed by atoms with van der Waals surface area (Å²) >= 11 is 0. The fourth-order valence-corrected chi connectivity index (χ4v) is 2.63. The lowest BCUT2D eigenvalue weighted by molar-refractivity contribution is -0.121. The molecule has 0 aliphatic carbocycles. The molecule has 0 bridgehead atoms. The maximum atomic E-state index is 13.2. The van der Waals surface area contributed by atoms with Gasteiger partial charge in [-0.2, -0.15) is 5.10 Å². The molecule has 1 heterocycles. The third kappa shape index (κ3) is 4.02. The predicted molar refractivity (Wildman–Crippen MR) is 93.9 cm³/mol. The highest BCUT2D eigenvalue weighted by atomic mass is 19.2. The van der Waals surface area contributed by atoms with Crippen molar-refractivity contribution in [3.63, 3.8) is 0 Å². The Morgan fingerprint density at radius 3 is 2.54 bits per heavy atom. The summed E-state index contributed by atoms with van der Waals surface area (Å²) in [6, 6.07) is 9.46. The highest BCUT2D eigenvalue weighted by Gasteiger charge is 2.21. The van der Waals surface area contributed by atoms with Gasteiger partial charge in [0, 0.05) is 35.3 Å². The first-order valence-electron chi connectivity index (χ1n) is 7.92. The predicted octanol–water partition coefficient (Wildman–Crippen LogP) is 3.47. The van der Waals surface area contributed by atoms with Gasteiger partial charge in [0.05, 0.1) is 5.71 Å². The first-order valence-corrected chi connectivity index (χ1v) is 7.92. The van der Waals surface area contributed by atoms with Crippen molar-refractivity contribution < 1.29 is 18.4 Å². The molecule has 134 valence electrons. The smallest absolute Gasteiger partial charge is 0.308 e. The van der Waals surface area contributed by atoms with Crippen LogP contribution in [0.3, 0.4) is 0 Å². The number of hydrogen-bond donors (Lipinski definition) is 3. The van der Waals surface area contributed by atoms with E-state index in [1.807, 2.05) is 13.0 Å². The number of amides is 3. The number of nitrogens with one attached hydrogen (secondary N) is 3. The molecule has 0 spiro atoms. The molecular formula is C18H16F2N4O2. The van der Waals surface area contributed by atoms with Gasteiger partial charge in [-0.3, -0.25) is 4.79 Å². The van der Waals surface area contributed by atoms with Gasteiger partial charge in [-0.15, -0.1) is 0 Å². The summed E-state index contributed by atoms with van der Waals surface area (Å²) in [5.41, 5.74) is 4.56. The zero-order chi connectivity index (χ0) is 18.7. The van der Waals surface area contributed by atoms with Gasteiger partial charge < -0.3 is 10.6 Å². The van der Waals surface area contributed by atoms with E-state index in [-0.39, 0.29) is 17.5 Å². The Bertz CT molecular complexity index is 899. The van der Waals surface area contributed by atoms with Crippen molar-refractivity contribution in [3.05, 3.63) is 59.7 Å². The summed E-state index contributed by atoms with van der Waals surface area (Å²) in [6.07, 6.45) is 0.340. The number of halogens is 2. The molecule has 0 fully saturated rings. The van der Waals surface area contributed by atoms with E-state index in [1.54, 1.807) is 18.2 Å². The summed E-state index contributed by atoms with van der Waals surface area (Å²) in [7, 11) is 0. The Labute approximate surface area is 148 Å². The highest BCUT2D eigenvalue weighted by Crippen LogP contribution is 2.20. The molecule has 26 heavy (non-hydrogen) atoms. The molecule has 3 rings (SSSR count). The van der Waals surface area contributed by atoms with Gasteiger partial charge >= 0.3 is 6.03 Å². The number of hydrazone groups is 1. The molecule has 8 heteroatoms. The fraction of sp³-hybridized carbons (Fsp3) is 0.167. The quantitative estimate of drug-likeness (QED) is 0.785. The van der Waals surface area contributed by atoms with Crippen molar-refractivity contribution in [2.24, 2.45) is 11.0 Å². The Morgan fingerprint density at radius 2 is 1.85 bits per heavy atom. The third-order valence-corrected chi connectivity index (χ3v) is 3.85. The van der Waals surface area contributed by atoms with Gasteiger partial charge in [-0.25, -0.2) is 19.0 Å². The van der Waals surface area contributed by atoms with Gasteiger partial charge in [0.25, 0.3) is 0 Å². The van der Waals surface area contributed by atoms with Gasteiger partial charge in [0.2, 0.25) is 5.91 Å². The number of urea groups is 1. The van der Waals surface area contributed by atoms with Crippen LogP contribution in [0, 0.1) is 17.6 Å². The van der Waals surface area contributed by atoms with Crippen LogP contribution < -0.4 is 16.1 Å². The second kappa shape index (κ2) is 7.30. The van der Waals surface area contributed by atoms with Crippen molar-refractivity contribution in [2.75, 3.05) is 10.6 Å². The standard InChI is InChI=1S/C18H16F2N4O2/c1-10-7-16(25)23-24-17(10)11-3-2-4-12(8-11)21-18(26)22-13-5-6-14(19)15(20)9-13/h2-6,8-10H,7H2,1H3,(H,23,25)(H2,21,22,26). The molecule has 1 aliphatic rings. The number of anilines is 2. The molecule has 2 aromatic rings. The van der Waals surface area contributed by atoms with Crippen molar-refractivity contribution in [1.29, 1.82) is 0 Å². The van der Waals surface area contributed by atoms with Gasteiger partial charge in [-0.1, -0.05) is 19.1 Å². The first kappa shape index (κ1) is 17.5. The normalized spacial score (nSPS) is 16.5. The molecule has 6 nitrogen and oxygen atoms in total. The van der Waals surface area contributed by atoms with Crippen molar-refractivity contribution in [2.45, 2.75) is 13.3 Å². The van der Waals surface area contributed by atoms with Crippen LogP contribution in [0.15, 0.2) is 47.6 Å². The summed E-state index contributed by atoms with van der Waals surface area (Å²) in [6.45, 7) is 1.90.